The van der Waals surface area contributed by atoms with Crippen molar-refractivity contribution in [2.45, 2.75) is 65.8 Å². The quantitative estimate of drug-likeness (QED) is 0.913. The Morgan fingerprint density at radius 1 is 1.22 bits per heavy atom. The summed E-state index contributed by atoms with van der Waals surface area (Å²) < 4.78 is 5.29. The van der Waals surface area contributed by atoms with E-state index >= 15 is 0 Å². The molecule has 23 heavy (non-hydrogen) atoms. The molecule has 2 aromatic rings. The van der Waals surface area contributed by atoms with Crippen LogP contribution in [0.3, 0.4) is 0 Å². The molecule has 1 aliphatic carbocycles. The maximum absolute atomic E-state index is 5.29. The van der Waals surface area contributed by atoms with Crippen molar-refractivity contribution >= 4 is 0 Å². The number of aryl methyl sites for hydroxylation is 4. The van der Waals surface area contributed by atoms with Crippen molar-refractivity contribution < 1.29 is 4.52 Å². The van der Waals surface area contributed by atoms with Gasteiger partial charge in [-0.05, 0) is 69.6 Å². The van der Waals surface area contributed by atoms with E-state index < -0.39 is 0 Å². The molecule has 0 spiro atoms. The minimum atomic E-state index is 0.403. The van der Waals surface area contributed by atoms with Gasteiger partial charge in [-0.15, -0.1) is 0 Å². The number of hydrogen-bond acceptors (Lipinski definition) is 4. The molecule has 0 saturated heterocycles. The van der Waals surface area contributed by atoms with Gasteiger partial charge in [0.15, 0.2) is 0 Å². The number of hydrogen-bond donors (Lipinski definition) is 1. The van der Waals surface area contributed by atoms with E-state index in [2.05, 4.69) is 30.4 Å². The molecule has 4 heteroatoms. The third kappa shape index (κ3) is 3.47. The van der Waals surface area contributed by atoms with Gasteiger partial charge in [-0.1, -0.05) is 12.1 Å². The van der Waals surface area contributed by atoms with E-state index in [4.69, 9.17) is 9.51 Å². The molecule has 2 heterocycles. The molecule has 0 fully saturated rings. The van der Waals surface area contributed by atoms with Crippen LogP contribution in [-0.4, -0.2) is 16.7 Å². The predicted molar refractivity (Wildman–Crippen MR) is 91.7 cm³/mol. The second-order valence-corrected chi connectivity index (χ2v) is 6.82. The van der Waals surface area contributed by atoms with E-state index in [1.165, 1.54) is 41.6 Å². The SMILES string of the molecule is Cc1cc(CNCC(C)c2c(C)noc2C)c2c(n1)CCCC2. The first kappa shape index (κ1) is 16.2. The highest BCUT2D eigenvalue weighted by molar-refractivity contribution is 5.34. The lowest BCUT2D eigenvalue weighted by Crippen LogP contribution is -2.22. The summed E-state index contributed by atoms with van der Waals surface area (Å²) in [6, 6.07) is 2.25. The van der Waals surface area contributed by atoms with Crippen LogP contribution in [-0.2, 0) is 19.4 Å². The van der Waals surface area contributed by atoms with Crippen molar-refractivity contribution in [1.29, 1.82) is 0 Å². The largest absolute Gasteiger partial charge is 0.361 e. The van der Waals surface area contributed by atoms with Crippen LogP contribution < -0.4 is 5.32 Å². The number of nitrogens with zero attached hydrogens (tertiary/aromatic N) is 2. The summed E-state index contributed by atoms with van der Waals surface area (Å²) in [7, 11) is 0. The van der Waals surface area contributed by atoms with E-state index in [1.54, 1.807) is 0 Å². The number of aromatic nitrogens is 2. The van der Waals surface area contributed by atoms with Gasteiger partial charge in [-0.25, -0.2) is 0 Å². The van der Waals surface area contributed by atoms with Gasteiger partial charge in [0.1, 0.15) is 5.76 Å². The smallest absolute Gasteiger partial charge is 0.137 e. The molecule has 0 bridgehead atoms. The topological polar surface area (TPSA) is 51.0 Å². The Balaban J connectivity index is 1.66. The fraction of sp³-hybridized carbons (Fsp3) is 0.579. The highest BCUT2D eigenvalue weighted by Gasteiger charge is 2.18. The molecule has 0 amide bonds. The van der Waals surface area contributed by atoms with Gasteiger partial charge in [0.05, 0.1) is 5.69 Å². The number of rotatable bonds is 5. The molecule has 0 saturated carbocycles. The summed E-state index contributed by atoms with van der Waals surface area (Å²) >= 11 is 0. The average molecular weight is 313 g/mol. The van der Waals surface area contributed by atoms with Gasteiger partial charge >= 0.3 is 0 Å². The summed E-state index contributed by atoms with van der Waals surface area (Å²) in [6.45, 7) is 10.2. The molecule has 4 nitrogen and oxygen atoms in total. The molecule has 1 unspecified atom stereocenters. The van der Waals surface area contributed by atoms with Crippen molar-refractivity contribution in [3.63, 3.8) is 0 Å². The molecule has 124 valence electrons. The van der Waals surface area contributed by atoms with E-state index in [0.29, 0.717) is 5.92 Å². The van der Waals surface area contributed by atoms with Crippen LogP contribution in [0, 0.1) is 20.8 Å². The van der Waals surface area contributed by atoms with Gasteiger partial charge in [-0.2, -0.15) is 0 Å². The normalized spacial score (nSPS) is 15.5. The van der Waals surface area contributed by atoms with Crippen molar-refractivity contribution in [1.82, 2.24) is 15.5 Å². The minimum Gasteiger partial charge on any atom is -0.361 e. The lowest BCUT2D eigenvalue weighted by molar-refractivity contribution is 0.391. The van der Waals surface area contributed by atoms with Crippen molar-refractivity contribution in [2.75, 3.05) is 6.54 Å². The molecule has 1 atom stereocenters. The van der Waals surface area contributed by atoms with Crippen LogP contribution >= 0.6 is 0 Å². The van der Waals surface area contributed by atoms with Crippen molar-refractivity contribution in [2.24, 2.45) is 0 Å². The zero-order valence-electron chi connectivity index (χ0n) is 14.7. The monoisotopic (exact) mass is 313 g/mol. The van der Waals surface area contributed by atoms with E-state index in [0.717, 1.165) is 36.7 Å². The van der Waals surface area contributed by atoms with Crippen molar-refractivity contribution in [3.8, 4) is 0 Å². The molecule has 1 aliphatic rings. The lowest BCUT2D eigenvalue weighted by atomic mass is 9.91. The first-order valence-corrected chi connectivity index (χ1v) is 8.68. The summed E-state index contributed by atoms with van der Waals surface area (Å²) in [5.74, 6) is 1.34. The van der Waals surface area contributed by atoms with E-state index in [1.807, 2.05) is 13.8 Å². The van der Waals surface area contributed by atoms with Crippen LogP contribution in [0.2, 0.25) is 0 Å². The maximum atomic E-state index is 5.29. The highest BCUT2D eigenvalue weighted by Crippen LogP contribution is 2.25. The second-order valence-electron chi connectivity index (χ2n) is 6.82. The Kier molecular flexibility index (Phi) is 4.81. The van der Waals surface area contributed by atoms with Crippen LogP contribution in [0.15, 0.2) is 10.6 Å². The van der Waals surface area contributed by atoms with Crippen LogP contribution in [0.4, 0.5) is 0 Å². The Labute approximate surface area is 138 Å². The standard InChI is InChI=1S/C19H27N3O/c1-12(19-14(3)22-23-15(19)4)10-20-11-16-9-13(2)21-18-8-6-5-7-17(16)18/h9,12,20H,5-8,10-11H2,1-4H3. The zero-order chi connectivity index (χ0) is 16.4. The Morgan fingerprint density at radius 3 is 2.74 bits per heavy atom. The first-order chi connectivity index (χ1) is 11.1. The summed E-state index contributed by atoms with van der Waals surface area (Å²) in [5, 5.41) is 7.69. The van der Waals surface area contributed by atoms with Gasteiger partial charge in [-0.3, -0.25) is 4.98 Å². The third-order valence-electron chi connectivity index (χ3n) is 4.87. The third-order valence-corrected chi connectivity index (χ3v) is 4.87. The van der Waals surface area contributed by atoms with Gasteiger partial charge in [0.25, 0.3) is 0 Å². The van der Waals surface area contributed by atoms with Crippen LogP contribution in [0.5, 0.6) is 0 Å². The Hall–Kier alpha value is -1.68. The van der Waals surface area contributed by atoms with Gasteiger partial charge < -0.3 is 9.84 Å². The number of nitrogens with one attached hydrogen (secondary N) is 1. The summed E-state index contributed by atoms with van der Waals surface area (Å²) in [6.07, 6.45) is 4.89. The number of fused-ring (bicyclic) bond motifs is 1. The molecule has 1 N–H and O–H groups in total. The van der Waals surface area contributed by atoms with Crippen LogP contribution in [0.1, 0.15) is 65.2 Å². The van der Waals surface area contributed by atoms with Gasteiger partial charge in [0, 0.05) is 30.0 Å². The molecule has 0 aromatic carbocycles. The molecular formula is C19H27N3O. The average Bonchev–Trinajstić information content (AvgIpc) is 2.86. The minimum absolute atomic E-state index is 0.403. The Morgan fingerprint density at radius 2 is 2.00 bits per heavy atom. The number of pyridine rings is 1. The van der Waals surface area contributed by atoms with E-state index in [-0.39, 0.29) is 0 Å². The molecule has 0 aliphatic heterocycles. The highest BCUT2D eigenvalue weighted by atomic mass is 16.5. The fourth-order valence-electron chi connectivity index (χ4n) is 3.82. The van der Waals surface area contributed by atoms with Crippen molar-refractivity contribution in [3.05, 3.63) is 45.6 Å². The zero-order valence-corrected chi connectivity index (χ0v) is 14.7. The summed E-state index contributed by atoms with van der Waals surface area (Å²) in [4.78, 5) is 4.73. The molecule has 0 radical (unpaired) electrons. The summed E-state index contributed by atoms with van der Waals surface area (Å²) in [5.41, 5.74) is 7.63. The lowest BCUT2D eigenvalue weighted by Gasteiger charge is -2.20. The van der Waals surface area contributed by atoms with Gasteiger partial charge in [0.2, 0.25) is 0 Å². The van der Waals surface area contributed by atoms with E-state index in [9.17, 15) is 0 Å². The Bertz CT molecular complexity index is 671. The second kappa shape index (κ2) is 6.83. The van der Waals surface area contributed by atoms with Crippen LogP contribution in [0.25, 0.3) is 0 Å². The maximum Gasteiger partial charge on any atom is 0.137 e. The fourth-order valence-corrected chi connectivity index (χ4v) is 3.82. The predicted octanol–water partition coefficient (Wildman–Crippen LogP) is 3.77. The molecule has 3 rings (SSSR count). The first-order valence-electron chi connectivity index (χ1n) is 8.68. The molecule has 2 aromatic heterocycles. The molecular weight excluding hydrogens is 286 g/mol.